The number of ether oxygens (including phenoxy) is 1. The number of fused-ring (bicyclic) bond motifs is 1. The van der Waals surface area contributed by atoms with Gasteiger partial charge in [0.25, 0.3) is 0 Å². The number of benzene rings is 1. The van der Waals surface area contributed by atoms with Gasteiger partial charge < -0.3 is 14.2 Å². The first kappa shape index (κ1) is 18.8. The van der Waals surface area contributed by atoms with E-state index in [0.717, 1.165) is 10.4 Å². The molecule has 6 nitrogen and oxygen atoms in total. The van der Waals surface area contributed by atoms with E-state index < -0.39 is 18.2 Å². The number of halogens is 4. The molecule has 0 saturated carbocycles. The normalized spacial score (nSPS) is 14.1. The van der Waals surface area contributed by atoms with E-state index >= 15 is 0 Å². The van der Waals surface area contributed by atoms with Crippen LogP contribution in [-0.4, -0.2) is 27.7 Å². The quantitative estimate of drug-likeness (QED) is 0.571. The van der Waals surface area contributed by atoms with Crippen molar-refractivity contribution >= 4 is 29.0 Å². The largest absolute Gasteiger partial charge is 0.471 e. The number of thiophene rings is 1. The summed E-state index contributed by atoms with van der Waals surface area (Å²) in [6.45, 7) is 0.676. The van der Waals surface area contributed by atoms with Crippen LogP contribution in [-0.2, 0) is 19.1 Å². The summed E-state index contributed by atoms with van der Waals surface area (Å²) in [6.07, 6.45) is -4.70. The van der Waals surface area contributed by atoms with Crippen molar-refractivity contribution in [2.45, 2.75) is 19.1 Å². The van der Waals surface area contributed by atoms with Crippen LogP contribution in [0.15, 0.2) is 34.9 Å². The Morgan fingerprint density at radius 1 is 1.32 bits per heavy atom. The predicted octanol–water partition coefficient (Wildman–Crippen LogP) is 5.03. The van der Waals surface area contributed by atoms with Gasteiger partial charge in [-0.15, -0.1) is 11.3 Å². The molecule has 4 rings (SSSR count). The first-order valence-corrected chi connectivity index (χ1v) is 9.25. The molecule has 146 valence electrons. The van der Waals surface area contributed by atoms with E-state index in [1.807, 2.05) is 0 Å². The van der Waals surface area contributed by atoms with E-state index in [4.69, 9.17) is 16.3 Å². The summed E-state index contributed by atoms with van der Waals surface area (Å²) < 4.78 is 47.5. The lowest BCUT2D eigenvalue weighted by Gasteiger charge is -2.26. The fraction of sp³-hybridized carbons (Fsp3) is 0.235. The Morgan fingerprint density at radius 2 is 2.11 bits per heavy atom. The minimum absolute atomic E-state index is 0.128. The van der Waals surface area contributed by atoms with E-state index in [-0.39, 0.29) is 18.1 Å². The maximum Gasteiger partial charge on any atom is 0.471 e. The smallest absolute Gasteiger partial charge is 0.409 e. The molecule has 0 spiro atoms. The zero-order valence-electron chi connectivity index (χ0n) is 14.0. The number of rotatable bonds is 2. The molecule has 1 aliphatic rings. The lowest BCUT2D eigenvalue weighted by atomic mass is 10.1. The van der Waals surface area contributed by atoms with Crippen LogP contribution in [0.4, 0.5) is 18.0 Å². The van der Waals surface area contributed by atoms with Crippen LogP contribution in [0, 0.1) is 0 Å². The van der Waals surface area contributed by atoms with Gasteiger partial charge in [-0.05, 0) is 30.2 Å². The van der Waals surface area contributed by atoms with Gasteiger partial charge in [0.05, 0.1) is 16.4 Å². The van der Waals surface area contributed by atoms with Crippen molar-refractivity contribution in [3.05, 3.63) is 51.7 Å². The highest BCUT2D eigenvalue weighted by atomic mass is 35.5. The number of carbonyl (C=O) groups is 1. The van der Waals surface area contributed by atoms with Gasteiger partial charge in [0.2, 0.25) is 5.82 Å². The third kappa shape index (κ3) is 3.69. The molecule has 1 aliphatic heterocycles. The first-order valence-electron chi connectivity index (χ1n) is 8.05. The molecule has 2 aromatic heterocycles. The molecule has 0 N–H and O–H groups in total. The molecule has 3 aromatic rings. The number of aromatic nitrogens is 2. The number of hydrogen-bond acceptors (Lipinski definition) is 6. The van der Waals surface area contributed by atoms with Crippen molar-refractivity contribution in [1.29, 1.82) is 0 Å². The summed E-state index contributed by atoms with van der Waals surface area (Å²) >= 11 is 7.28. The Morgan fingerprint density at radius 3 is 2.82 bits per heavy atom. The SMILES string of the molecule is O=C(Oc1ccccc1Cl)N1CCc2sc(-c3noc(C(F)(F)F)n3)cc2C1. The summed E-state index contributed by atoms with van der Waals surface area (Å²) in [6, 6.07) is 8.30. The van der Waals surface area contributed by atoms with Crippen molar-refractivity contribution < 1.29 is 27.2 Å². The minimum atomic E-state index is -4.69. The molecule has 0 fully saturated rings. The Balaban J connectivity index is 1.49. The zero-order chi connectivity index (χ0) is 19.9. The average Bonchev–Trinajstić information content (AvgIpc) is 3.29. The molecule has 0 bridgehead atoms. The molecule has 0 saturated heterocycles. The molecular weight excluding hydrogens is 419 g/mol. The van der Waals surface area contributed by atoms with Crippen molar-refractivity contribution in [2.75, 3.05) is 6.54 Å². The number of hydrogen-bond donors (Lipinski definition) is 0. The van der Waals surface area contributed by atoms with E-state index in [9.17, 15) is 18.0 Å². The molecule has 0 aliphatic carbocycles. The number of nitrogens with zero attached hydrogens (tertiary/aromatic N) is 3. The molecule has 1 aromatic carbocycles. The van der Waals surface area contributed by atoms with Gasteiger partial charge >= 0.3 is 18.2 Å². The second-order valence-corrected chi connectivity index (χ2v) is 7.49. The van der Waals surface area contributed by atoms with Crippen molar-refractivity contribution in [3.63, 3.8) is 0 Å². The second kappa shape index (κ2) is 7.10. The Bertz CT molecular complexity index is 1030. The molecule has 11 heteroatoms. The van der Waals surface area contributed by atoms with Crippen LogP contribution in [0.2, 0.25) is 5.02 Å². The maximum absolute atomic E-state index is 12.6. The predicted molar refractivity (Wildman–Crippen MR) is 94.2 cm³/mol. The van der Waals surface area contributed by atoms with Crippen molar-refractivity contribution in [1.82, 2.24) is 15.0 Å². The van der Waals surface area contributed by atoms with Crippen LogP contribution in [0.1, 0.15) is 16.3 Å². The van der Waals surface area contributed by atoms with E-state index in [1.54, 1.807) is 30.3 Å². The zero-order valence-corrected chi connectivity index (χ0v) is 15.6. The topological polar surface area (TPSA) is 68.5 Å². The number of para-hydroxylation sites is 1. The summed E-state index contributed by atoms with van der Waals surface area (Å²) in [4.78, 5) is 18.7. The second-order valence-electron chi connectivity index (χ2n) is 5.95. The summed E-state index contributed by atoms with van der Waals surface area (Å²) in [5.74, 6) is -1.26. The molecule has 0 atom stereocenters. The van der Waals surface area contributed by atoms with E-state index in [0.29, 0.717) is 22.9 Å². The van der Waals surface area contributed by atoms with Crippen LogP contribution in [0.5, 0.6) is 5.75 Å². The molecule has 0 unspecified atom stereocenters. The molecule has 1 amide bonds. The first-order chi connectivity index (χ1) is 13.3. The minimum Gasteiger partial charge on any atom is -0.409 e. The average molecular weight is 430 g/mol. The lowest BCUT2D eigenvalue weighted by molar-refractivity contribution is -0.159. The highest BCUT2D eigenvalue weighted by molar-refractivity contribution is 7.15. The van der Waals surface area contributed by atoms with Crippen LogP contribution >= 0.6 is 22.9 Å². The summed E-state index contributed by atoms with van der Waals surface area (Å²) in [7, 11) is 0. The van der Waals surface area contributed by atoms with Gasteiger partial charge in [-0.2, -0.15) is 18.2 Å². The highest BCUT2D eigenvalue weighted by Crippen LogP contribution is 2.36. The summed E-state index contributed by atoms with van der Waals surface area (Å²) in [5, 5.41) is 3.72. The van der Waals surface area contributed by atoms with Gasteiger partial charge in [0.15, 0.2) is 5.75 Å². The van der Waals surface area contributed by atoms with Gasteiger partial charge in [0.1, 0.15) is 0 Å². The van der Waals surface area contributed by atoms with Gasteiger partial charge in [-0.25, -0.2) is 4.79 Å². The van der Waals surface area contributed by atoms with E-state index in [1.165, 1.54) is 16.2 Å². The Kier molecular flexibility index (Phi) is 4.76. The standard InChI is InChI=1S/C17H11ClF3N3O3S/c18-10-3-1-2-4-11(10)26-16(25)24-6-5-12-9(8-24)7-13(28-12)14-22-15(27-23-14)17(19,20)21/h1-4,7H,5-6,8H2. The van der Waals surface area contributed by atoms with Crippen molar-refractivity contribution in [3.8, 4) is 16.5 Å². The van der Waals surface area contributed by atoms with Crippen LogP contribution in [0.25, 0.3) is 10.7 Å². The summed E-state index contributed by atoms with van der Waals surface area (Å²) in [5.41, 5.74) is 0.806. The van der Waals surface area contributed by atoms with Gasteiger partial charge in [0, 0.05) is 11.4 Å². The Hall–Kier alpha value is -2.59. The molecular formula is C17H11ClF3N3O3S. The maximum atomic E-state index is 12.6. The van der Waals surface area contributed by atoms with Crippen LogP contribution in [0.3, 0.4) is 0 Å². The fourth-order valence-electron chi connectivity index (χ4n) is 2.72. The van der Waals surface area contributed by atoms with E-state index in [2.05, 4.69) is 14.7 Å². The number of carbonyl (C=O) groups excluding carboxylic acids is 1. The number of alkyl halides is 3. The monoisotopic (exact) mass is 429 g/mol. The van der Waals surface area contributed by atoms with Gasteiger partial charge in [-0.3, -0.25) is 0 Å². The van der Waals surface area contributed by atoms with Crippen molar-refractivity contribution in [2.24, 2.45) is 0 Å². The third-order valence-electron chi connectivity index (χ3n) is 4.05. The molecule has 28 heavy (non-hydrogen) atoms. The number of amides is 1. The van der Waals surface area contributed by atoms with Gasteiger partial charge in [-0.1, -0.05) is 28.9 Å². The fourth-order valence-corrected chi connectivity index (χ4v) is 3.99. The lowest BCUT2D eigenvalue weighted by Crippen LogP contribution is -2.37. The Labute approximate surface area is 165 Å². The van der Waals surface area contributed by atoms with Crippen LogP contribution < -0.4 is 4.74 Å². The third-order valence-corrected chi connectivity index (χ3v) is 5.59. The molecule has 3 heterocycles. The highest BCUT2D eigenvalue weighted by Gasteiger charge is 2.39. The molecule has 0 radical (unpaired) electrons.